The van der Waals surface area contributed by atoms with Gasteiger partial charge in [0, 0.05) is 25.2 Å². The van der Waals surface area contributed by atoms with Crippen molar-refractivity contribution in [2.24, 2.45) is 5.92 Å². The first-order valence-electron chi connectivity index (χ1n) is 9.86. The van der Waals surface area contributed by atoms with Gasteiger partial charge in [0.25, 0.3) is 0 Å². The lowest BCUT2D eigenvalue weighted by Gasteiger charge is -2.12. The minimum atomic E-state index is 0.0388. The second-order valence-electron chi connectivity index (χ2n) is 6.91. The van der Waals surface area contributed by atoms with Crippen molar-refractivity contribution in [2.75, 3.05) is 20.3 Å². The average molecular weight is 390 g/mol. The molecular formula is C24H39NO3. The van der Waals surface area contributed by atoms with Gasteiger partial charge in [0.05, 0.1) is 6.61 Å². The van der Waals surface area contributed by atoms with Gasteiger partial charge in [-0.2, -0.15) is 0 Å². The van der Waals surface area contributed by atoms with Crippen LogP contribution in [0, 0.1) is 37.0 Å². The number of carbonyl (C=O) groups is 1. The van der Waals surface area contributed by atoms with Crippen molar-refractivity contribution < 1.29 is 14.3 Å². The molecule has 0 aliphatic heterocycles. The first-order valence-corrected chi connectivity index (χ1v) is 9.86. The van der Waals surface area contributed by atoms with Crippen molar-refractivity contribution in [1.82, 2.24) is 0 Å². The molecule has 158 valence electrons. The van der Waals surface area contributed by atoms with Crippen molar-refractivity contribution in [1.29, 1.82) is 5.41 Å². The maximum absolute atomic E-state index is 10.7. The van der Waals surface area contributed by atoms with Crippen LogP contribution in [0.1, 0.15) is 64.7 Å². The lowest BCUT2D eigenvalue weighted by molar-refractivity contribution is -0.116. The second-order valence-corrected chi connectivity index (χ2v) is 6.91. The quantitative estimate of drug-likeness (QED) is 0.300. The molecule has 1 aromatic carbocycles. The van der Waals surface area contributed by atoms with Gasteiger partial charge in [-0.15, -0.1) is 0 Å². The third kappa shape index (κ3) is 15.0. The predicted octanol–water partition coefficient (Wildman–Crippen LogP) is 5.56. The molecule has 4 heteroatoms. The van der Waals surface area contributed by atoms with Crippen LogP contribution in [0.15, 0.2) is 12.1 Å². The molecule has 1 rings (SSSR count). The van der Waals surface area contributed by atoms with Gasteiger partial charge >= 0.3 is 0 Å². The van der Waals surface area contributed by atoms with Crippen molar-refractivity contribution >= 4 is 11.5 Å². The predicted molar refractivity (Wildman–Crippen MR) is 120 cm³/mol. The van der Waals surface area contributed by atoms with Crippen LogP contribution in [-0.2, 0) is 16.0 Å². The number of ketones is 1. The standard InChI is InChI=1S/C13H20O2.C8H12O.C3H7N/c1-5-12-9-13(15-7-6-14-4)11(3)8-10(12)2;1-4-5-6-8(9)7(2)3;1-3(2)4/h8-9H,5-7H2,1-4H3;7H,4H2,1-3H3;4H,1-2H3. The number of aryl methyl sites for hydroxylation is 3. The Hall–Kier alpha value is -2.12. The van der Waals surface area contributed by atoms with Crippen LogP contribution in [0.2, 0.25) is 0 Å². The summed E-state index contributed by atoms with van der Waals surface area (Å²) in [7, 11) is 1.68. The first-order chi connectivity index (χ1) is 13.1. The SMILES string of the molecule is CC(C)=N.CCC#CC(=O)C(C)C.CCc1cc(OCCOC)c(C)cc1C. The van der Waals surface area contributed by atoms with Crippen LogP contribution in [0.3, 0.4) is 0 Å². The van der Waals surface area contributed by atoms with E-state index in [1.54, 1.807) is 21.0 Å². The number of methoxy groups -OCH3 is 1. The van der Waals surface area contributed by atoms with Crippen LogP contribution in [-0.4, -0.2) is 31.8 Å². The molecule has 0 fully saturated rings. The Morgan fingerprint density at radius 1 is 1.11 bits per heavy atom. The van der Waals surface area contributed by atoms with Crippen molar-refractivity contribution in [3.63, 3.8) is 0 Å². The molecule has 0 amide bonds. The zero-order valence-corrected chi connectivity index (χ0v) is 19.3. The highest BCUT2D eigenvalue weighted by molar-refractivity contribution is 5.96. The van der Waals surface area contributed by atoms with E-state index < -0.39 is 0 Å². The van der Waals surface area contributed by atoms with Gasteiger partial charge in [0.2, 0.25) is 5.78 Å². The van der Waals surface area contributed by atoms with Crippen molar-refractivity contribution in [2.45, 2.75) is 68.2 Å². The molecule has 28 heavy (non-hydrogen) atoms. The lowest BCUT2D eigenvalue weighted by Crippen LogP contribution is -2.06. The highest BCUT2D eigenvalue weighted by Gasteiger charge is 2.04. The fourth-order valence-corrected chi connectivity index (χ4v) is 1.97. The number of nitrogens with one attached hydrogen (secondary N) is 1. The molecular weight excluding hydrogens is 350 g/mol. The number of Topliss-reactive ketones (excluding diaryl/α,β-unsaturated/α-hetero) is 1. The topological polar surface area (TPSA) is 59.4 Å². The summed E-state index contributed by atoms with van der Waals surface area (Å²) in [5.41, 5.74) is 4.56. The summed E-state index contributed by atoms with van der Waals surface area (Å²) in [6.45, 7) is 16.8. The number of rotatable bonds is 6. The number of benzene rings is 1. The number of ether oxygens (including phenoxy) is 2. The van der Waals surface area contributed by atoms with E-state index in [9.17, 15) is 4.79 Å². The molecule has 0 unspecified atom stereocenters. The van der Waals surface area contributed by atoms with E-state index in [1.165, 1.54) is 16.7 Å². The van der Waals surface area contributed by atoms with Gasteiger partial charge in [-0.05, 0) is 62.8 Å². The highest BCUT2D eigenvalue weighted by Crippen LogP contribution is 2.23. The van der Waals surface area contributed by atoms with Crippen LogP contribution >= 0.6 is 0 Å². The summed E-state index contributed by atoms with van der Waals surface area (Å²) in [4.78, 5) is 10.7. The summed E-state index contributed by atoms with van der Waals surface area (Å²) in [6, 6.07) is 4.32. The monoisotopic (exact) mass is 389 g/mol. The molecule has 0 atom stereocenters. The summed E-state index contributed by atoms with van der Waals surface area (Å²) < 4.78 is 10.6. The Morgan fingerprint density at radius 2 is 1.68 bits per heavy atom. The van der Waals surface area contributed by atoms with E-state index in [0.717, 1.165) is 18.6 Å². The molecule has 1 N–H and O–H groups in total. The summed E-state index contributed by atoms with van der Waals surface area (Å²) >= 11 is 0. The number of hydrogen-bond donors (Lipinski definition) is 1. The molecule has 0 radical (unpaired) electrons. The third-order valence-corrected chi connectivity index (χ3v) is 3.47. The fourth-order valence-electron chi connectivity index (χ4n) is 1.97. The van der Waals surface area contributed by atoms with E-state index in [4.69, 9.17) is 14.9 Å². The molecule has 0 bridgehead atoms. The number of carbonyl (C=O) groups excluding carboxylic acids is 1. The molecule has 0 heterocycles. The van der Waals surface area contributed by atoms with Crippen molar-refractivity contribution in [3.8, 4) is 17.6 Å². The molecule has 0 saturated heterocycles. The lowest BCUT2D eigenvalue weighted by atomic mass is 10.0. The van der Waals surface area contributed by atoms with Crippen LogP contribution in [0.5, 0.6) is 5.75 Å². The Morgan fingerprint density at radius 3 is 2.11 bits per heavy atom. The summed E-state index contributed by atoms with van der Waals surface area (Å²) in [5.74, 6) is 6.35. The van der Waals surface area contributed by atoms with Gasteiger partial charge in [0.15, 0.2) is 0 Å². The second kappa shape index (κ2) is 17.0. The van der Waals surface area contributed by atoms with Crippen LogP contribution in [0.4, 0.5) is 0 Å². The van der Waals surface area contributed by atoms with Crippen LogP contribution in [0.25, 0.3) is 0 Å². The Kier molecular flexibility index (Phi) is 17.1. The molecule has 0 aromatic heterocycles. The fraction of sp³-hybridized carbons (Fsp3) is 0.583. The van der Waals surface area contributed by atoms with Gasteiger partial charge in [-0.25, -0.2) is 0 Å². The summed E-state index contributed by atoms with van der Waals surface area (Å²) in [5, 5.41) is 6.50. The van der Waals surface area contributed by atoms with Gasteiger partial charge in [-0.3, -0.25) is 4.79 Å². The third-order valence-electron chi connectivity index (χ3n) is 3.47. The van der Waals surface area contributed by atoms with Crippen molar-refractivity contribution in [3.05, 3.63) is 28.8 Å². The maximum Gasteiger partial charge on any atom is 0.207 e. The van der Waals surface area contributed by atoms with Gasteiger partial charge < -0.3 is 14.9 Å². The maximum atomic E-state index is 10.7. The normalized spacial score (nSPS) is 9.21. The summed E-state index contributed by atoms with van der Waals surface area (Å²) in [6.07, 6.45) is 1.81. The smallest absolute Gasteiger partial charge is 0.207 e. The molecule has 0 aliphatic carbocycles. The van der Waals surface area contributed by atoms with Crippen LogP contribution < -0.4 is 4.74 Å². The molecule has 0 saturated carbocycles. The average Bonchev–Trinajstić information content (AvgIpc) is 2.61. The zero-order chi connectivity index (χ0) is 22.1. The van der Waals surface area contributed by atoms with E-state index in [-0.39, 0.29) is 11.7 Å². The zero-order valence-electron chi connectivity index (χ0n) is 19.3. The Balaban J connectivity index is 0. The minimum absolute atomic E-state index is 0.0388. The number of hydrogen-bond acceptors (Lipinski definition) is 4. The molecule has 1 aromatic rings. The minimum Gasteiger partial charge on any atom is -0.491 e. The van der Waals surface area contributed by atoms with Gasteiger partial charge in [0.1, 0.15) is 12.4 Å². The molecule has 0 aliphatic rings. The van der Waals surface area contributed by atoms with E-state index in [1.807, 2.05) is 20.8 Å². The van der Waals surface area contributed by atoms with E-state index in [0.29, 0.717) is 18.9 Å². The highest BCUT2D eigenvalue weighted by atomic mass is 16.5. The largest absolute Gasteiger partial charge is 0.491 e. The molecule has 0 spiro atoms. The Bertz CT molecular complexity index is 648. The first kappa shape index (κ1) is 28.1. The Labute approximate surface area is 172 Å². The van der Waals surface area contributed by atoms with E-state index >= 15 is 0 Å². The van der Waals surface area contributed by atoms with Gasteiger partial charge in [-0.1, -0.05) is 39.7 Å². The van der Waals surface area contributed by atoms with E-state index in [2.05, 4.69) is 44.7 Å². The molecule has 4 nitrogen and oxygen atoms in total.